The monoisotopic (exact) mass is 247 g/mol. The number of hydrogen-bond donors (Lipinski definition) is 1. The topological polar surface area (TPSA) is 57.6 Å². The molecule has 2 rings (SSSR count). The Morgan fingerprint density at radius 3 is 2.56 bits per heavy atom. The van der Waals surface area contributed by atoms with Crippen LogP contribution in [0, 0.1) is 0 Å². The summed E-state index contributed by atoms with van der Waals surface area (Å²) in [6.07, 6.45) is 0.642. The number of carbonyl (C=O) groups excluding carboxylic acids is 2. The van der Waals surface area contributed by atoms with Crippen molar-refractivity contribution in [1.82, 2.24) is 4.90 Å². The molecule has 4 heteroatoms. The Bertz CT molecular complexity index is 457. The van der Waals surface area contributed by atoms with Crippen LogP contribution in [-0.2, 0) is 15.0 Å². The molecule has 1 aromatic carbocycles. The van der Waals surface area contributed by atoms with Crippen LogP contribution in [0.2, 0.25) is 0 Å². The first-order valence-corrected chi connectivity index (χ1v) is 6.11. The third kappa shape index (κ3) is 2.04. The largest absolute Gasteiger partial charge is 0.396 e. The van der Waals surface area contributed by atoms with Crippen molar-refractivity contribution in [3.05, 3.63) is 35.9 Å². The highest BCUT2D eigenvalue weighted by atomic mass is 16.3. The molecule has 0 saturated carbocycles. The number of aliphatic hydroxyl groups excluding tert-OH is 1. The molecule has 1 heterocycles. The Morgan fingerprint density at radius 1 is 1.28 bits per heavy atom. The van der Waals surface area contributed by atoms with Crippen LogP contribution in [0.4, 0.5) is 0 Å². The summed E-state index contributed by atoms with van der Waals surface area (Å²) >= 11 is 0. The molecule has 1 fully saturated rings. The van der Waals surface area contributed by atoms with E-state index < -0.39 is 5.41 Å². The fourth-order valence-electron chi connectivity index (χ4n) is 2.37. The maximum atomic E-state index is 12.4. The minimum atomic E-state index is -0.756. The van der Waals surface area contributed by atoms with Crippen molar-refractivity contribution in [2.45, 2.75) is 25.2 Å². The van der Waals surface area contributed by atoms with Crippen molar-refractivity contribution in [2.75, 3.05) is 13.2 Å². The zero-order valence-corrected chi connectivity index (χ0v) is 10.4. The molecule has 4 nitrogen and oxygen atoms in total. The lowest BCUT2D eigenvalue weighted by Gasteiger charge is -2.22. The summed E-state index contributed by atoms with van der Waals surface area (Å²) in [5.74, 6) is -0.313. The van der Waals surface area contributed by atoms with Crippen molar-refractivity contribution < 1.29 is 14.7 Å². The van der Waals surface area contributed by atoms with Crippen molar-refractivity contribution in [3.63, 3.8) is 0 Å². The summed E-state index contributed by atoms with van der Waals surface area (Å²) in [4.78, 5) is 25.5. The number of benzene rings is 1. The van der Waals surface area contributed by atoms with Gasteiger partial charge in [-0.1, -0.05) is 30.3 Å². The molecule has 18 heavy (non-hydrogen) atoms. The van der Waals surface area contributed by atoms with Crippen LogP contribution in [0.25, 0.3) is 0 Å². The molecule has 1 aliphatic rings. The molecule has 1 N–H and O–H groups in total. The second-order valence-electron chi connectivity index (χ2n) is 4.80. The van der Waals surface area contributed by atoms with Crippen molar-refractivity contribution in [1.29, 1.82) is 0 Å². The molecule has 0 spiro atoms. The molecular weight excluding hydrogens is 230 g/mol. The summed E-state index contributed by atoms with van der Waals surface area (Å²) in [5.41, 5.74) is 0.114. The van der Waals surface area contributed by atoms with Crippen LogP contribution in [0.5, 0.6) is 0 Å². The quantitative estimate of drug-likeness (QED) is 0.810. The van der Waals surface area contributed by atoms with Gasteiger partial charge >= 0.3 is 0 Å². The summed E-state index contributed by atoms with van der Waals surface area (Å²) < 4.78 is 0. The lowest BCUT2D eigenvalue weighted by molar-refractivity contribution is -0.139. The number of hydrogen-bond acceptors (Lipinski definition) is 3. The van der Waals surface area contributed by atoms with Gasteiger partial charge in [0.2, 0.25) is 11.8 Å². The molecular formula is C14H17NO3. The van der Waals surface area contributed by atoms with Gasteiger partial charge in [0.1, 0.15) is 0 Å². The van der Waals surface area contributed by atoms with E-state index in [1.807, 2.05) is 37.3 Å². The Labute approximate surface area is 106 Å². The summed E-state index contributed by atoms with van der Waals surface area (Å²) in [6.45, 7) is 2.09. The van der Waals surface area contributed by atoms with Crippen LogP contribution in [-0.4, -0.2) is 35.0 Å². The predicted molar refractivity (Wildman–Crippen MR) is 66.8 cm³/mol. The van der Waals surface area contributed by atoms with Gasteiger partial charge in [0, 0.05) is 19.6 Å². The zero-order chi connectivity index (χ0) is 13.2. The average Bonchev–Trinajstić information content (AvgIpc) is 2.60. The number of likely N-dealkylation sites (tertiary alicyclic amines) is 1. The van der Waals surface area contributed by atoms with Gasteiger partial charge in [-0.2, -0.15) is 0 Å². The SMILES string of the molecule is CC1(c2ccccc2)CC(=O)N(CCCO)C1=O. The fourth-order valence-corrected chi connectivity index (χ4v) is 2.37. The highest BCUT2D eigenvalue weighted by Crippen LogP contribution is 2.36. The first-order valence-electron chi connectivity index (χ1n) is 6.11. The Kier molecular flexibility index (Phi) is 3.48. The lowest BCUT2D eigenvalue weighted by atomic mass is 9.81. The molecule has 0 aromatic heterocycles. The predicted octanol–water partition coefficient (Wildman–Crippen LogP) is 1.09. The van der Waals surface area contributed by atoms with Gasteiger partial charge in [-0.3, -0.25) is 14.5 Å². The van der Waals surface area contributed by atoms with E-state index in [0.717, 1.165) is 5.56 Å². The lowest BCUT2D eigenvalue weighted by Crippen LogP contribution is -2.37. The molecule has 1 atom stereocenters. The second kappa shape index (κ2) is 4.90. The minimum absolute atomic E-state index is 0.0148. The van der Waals surface area contributed by atoms with E-state index in [4.69, 9.17) is 5.11 Å². The number of rotatable bonds is 4. The first-order chi connectivity index (χ1) is 8.59. The molecule has 0 radical (unpaired) electrons. The van der Waals surface area contributed by atoms with Gasteiger partial charge in [-0.15, -0.1) is 0 Å². The maximum Gasteiger partial charge on any atom is 0.240 e. The average molecular weight is 247 g/mol. The number of carbonyl (C=O) groups is 2. The molecule has 0 bridgehead atoms. The van der Waals surface area contributed by atoms with Crippen molar-refractivity contribution in [3.8, 4) is 0 Å². The molecule has 2 amide bonds. The Hall–Kier alpha value is -1.68. The second-order valence-corrected chi connectivity index (χ2v) is 4.80. The van der Waals surface area contributed by atoms with Crippen LogP contribution in [0.1, 0.15) is 25.3 Å². The van der Waals surface area contributed by atoms with Crippen LogP contribution in [0.3, 0.4) is 0 Å². The van der Waals surface area contributed by atoms with E-state index in [9.17, 15) is 9.59 Å². The van der Waals surface area contributed by atoms with E-state index in [1.54, 1.807) is 0 Å². The number of nitrogens with zero attached hydrogens (tertiary/aromatic N) is 1. The normalized spacial score (nSPS) is 23.8. The fraction of sp³-hybridized carbons (Fsp3) is 0.429. The van der Waals surface area contributed by atoms with E-state index in [1.165, 1.54) is 4.90 Å². The number of imide groups is 1. The van der Waals surface area contributed by atoms with Crippen molar-refractivity contribution >= 4 is 11.8 Å². The minimum Gasteiger partial charge on any atom is -0.396 e. The van der Waals surface area contributed by atoms with Crippen LogP contribution < -0.4 is 0 Å². The van der Waals surface area contributed by atoms with E-state index in [2.05, 4.69) is 0 Å². The summed E-state index contributed by atoms with van der Waals surface area (Å²) in [7, 11) is 0. The first kappa shape index (κ1) is 12.8. The maximum absolute atomic E-state index is 12.4. The standard InChI is InChI=1S/C14H17NO3/c1-14(11-6-3-2-4-7-11)10-12(17)15(13(14)18)8-5-9-16/h2-4,6-7,16H,5,8-10H2,1H3. The smallest absolute Gasteiger partial charge is 0.240 e. The van der Waals surface area contributed by atoms with Gasteiger partial charge in [0.15, 0.2) is 0 Å². The van der Waals surface area contributed by atoms with Gasteiger partial charge in [-0.25, -0.2) is 0 Å². The van der Waals surface area contributed by atoms with Crippen LogP contribution >= 0.6 is 0 Å². The molecule has 0 aliphatic carbocycles. The molecule has 96 valence electrons. The van der Waals surface area contributed by atoms with E-state index in [0.29, 0.717) is 13.0 Å². The highest BCUT2D eigenvalue weighted by molar-refractivity contribution is 6.08. The number of aliphatic hydroxyl groups is 1. The summed E-state index contributed by atoms with van der Waals surface area (Å²) in [5, 5.41) is 8.80. The molecule has 1 aromatic rings. The third-order valence-electron chi connectivity index (χ3n) is 3.47. The highest BCUT2D eigenvalue weighted by Gasteiger charge is 2.48. The third-order valence-corrected chi connectivity index (χ3v) is 3.47. The van der Waals surface area contributed by atoms with Crippen molar-refractivity contribution in [2.24, 2.45) is 0 Å². The Balaban J connectivity index is 2.26. The van der Waals surface area contributed by atoms with Gasteiger partial charge < -0.3 is 5.11 Å². The molecule has 1 unspecified atom stereocenters. The Morgan fingerprint density at radius 2 is 1.94 bits per heavy atom. The van der Waals surface area contributed by atoms with Gasteiger partial charge in [-0.05, 0) is 18.9 Å². The number of amides is 2. The van der Waals surface area contributed by atoms with Gasteiger partial charge in [0.05, 0.1) is 5.41 Å². The van der Waals surface area contributed by atoms with E-state index in [-0.39, 0.29) is 24.8 Å². The van der Waals surface area contributed by atoms with Gasteiger partial charge in [0.25, 0.3) is 0 Å². The van der Waals surface area contributed by atoms with E-state index >= 15 is 0 Å². The molecule has 1 aliphatic heterocycles. The summed E-state index contributed by atoms with van der Waals surface area (Å²) in [6, 6.07) is 9.38. The van der Waals surface area contributed by atoms with Crippen LogP contribution in [0.15, 0.2) is 30.3 Å². The molecule has 1 saturated heterocycles. The zero-order valence-electron chi connectivity index (χ0n) is 10.4.